The molecular formula is C18H22N4O2. The third-order valence-electron chi connectivity index (χ3n) is 3.81. The SMILES string of the molecule is Cc1nn(C)c2ncc(CNCC(O)COc3ccccc3)cc12. The standard InChI is InChI=1S/C18H22N4O2/c1-13-17-8-14(10-20-18(17)22(2)21-13)9-19-11-15(23)12-24-16-6-4-3-5-7-16/h3-8,10,15,19,23H,9,11-12H2,1-2H3. The maximum Gasteiger partial charge on any atom is 0.157 e. The van der Waals surface area contributed by atoms with Gasteiger partial charge in [0.25, 0.3) is 0 Å². The van der Waals surface area contributed by atoms with Crippen molar-refractivity contribution in [3.8, 4) is 5.75 Å². The van der Waals surface area contributed by atoms with Crippen LogP contribution in [0.25, 0.3) is 11.0 Å². The van der Waals surface area contributed by atoms with Crippen LogP contribution in [0.3, 0.4) is 0 Å². The number of aryl methyl sites for hydroxylation is 2. The number of hydrogen-bond donors (Lipinski definition) is 2. The summed E-state index contributed by atoms with van der Waals surface area (Å²) in [6, 6.07) is 11.6. The zero-order valence-electron chi connectivity index (χ0n) is 13.9. The minimum Gasteiger partial charge on any atom is -0.491 e. The molecule has 0 bridgehead atoms. The summed E-state index contributed by atoms with van der Waals surface area (Å²) in [5.41, 5.74) is 2.92. The van der Waals surface area contributed by atoms with Gasteiger partial charge in [-0.15, -0.1) is 0 Å². The van der Waals surface area contributed by atoms with Gasteiger partial charge in [-0.05, 0) is 30.7 Å². The Morgan fingerprint density at radius 2 is 2.08 bits per heavy atom. The second-order valence-electron chi connectivity index (χ2n) is 5.83. The lowest BCUT2D eigenvalue weighted by molar-refractivity contribution is 0.106. The number of aromatic nitrogens is 3. The van der Waals surface area contributed by atoms with E-state index in [0.29, 0.717) is 13.1 Å². The maximum atomic E-state index is 9.99. The lowest BCUT2D eigenvalue weighted by atomic mass is 10.2. The quantitative estimate of drug-likeness (QED) is 0.693. The number of ether oxygens (including phenoxy) is 1. The van der Waals surface area contributed by atoms with Crippen LogP contribution in [0.1, 0.15) is 11.3 Å². The first-order chi connectivity index (χ1) is 11.6. The minimum absolute atomic E-state index is 0.260. The van der Waals surface area contributed by atoms with Gasteiger partial charge in [-0.3, -0.25) is 4.68 Å². The van der Waals surface area contributed by atoms with E-state index in [9.17, 15) is 5.11 Å². The zero-order valence-corrected chi connectivity index (χ0v) is 13.9. The molecule has 1 unspecified atom stereocenters. The van der Waals surface area contributed by atoms with Crippen molar-refractivity contribution in [2.45, 2.75) is 19.6 Å². The van der Waals surface area contributed by atoms with Crippen LogP contribution >= 0.6 is 0 Å². The molecule has 0 amide bonds. The number of aliphatic hydroxyl groups is 1. The van der Waals surface area contributed by atoms with Crippen molar-refractivity contribution in [1.29, 1.82) is 0 Å². The van der Waals surface area contributed by atoms with Gasteiger partial charge in [0.1, 0.15) is 18.5 Å². The fourth-order valence-corrected chi connectivity index (χ4v) is 2.60. The lowest BCUT2D eigenvalue weighted by Crippen LogP contribution is -2.31. The van der Waals surface area contributed by atoms with Gasteiger partial charge in [0.2, 0.25) is 0 Å². The molecule has 0 fully saturated rings. The molecule has 126 valence electrons. The van der Waals surface area contributed by atoms with E-state index in [2.05, 4.69) is 21.5 Å². The smallest absolute Gasteiger partial charge is 0.157 e. The van der Waals surface area contributed by atoms with Crippen LogP contribution in [0.5, 0.6) is 5.75 Å². The molecule has 0 aliphatic rings. The molecule has 0 saturated carbocycles. The lowest BCUT2D eigenvalue weighted by Gasteiger charge is -2.13. The topological polar surface area (TPSA) is 72.2 Å². The van der Waals surface area contributed by atoms with E-state index >= 15 is 0 Å². The molecule has 3 rings (SSSR count). The average Bonchev–Trinajstić information content (AvgIpc) is 2.88. The molecule has 3 aromatic rings. The van der Waals surface area contributed by atoms with E-state index in [1.165, 1.54) is 0 Å². The van der Waals surface area contributed by atoms with Crippen LogP contribution in [0.2, 0.25) is 0 Å². The van der Waals surface area contributed by atoms with Gasteiger partial charge in [0.05, 0.1) is 5.69 Å². The van der Waals surface area contributed by atoms with Gasteiger partial charge in [-0.2, -0.15) is 5.10 Å². The Morgan fingerprint density at radius 3 is 2.88 bits per heavy atom. The Balaban J connectivity index is 1.48. The van der Waals surface area contributed by atoms with Gasteiger partial charge < -0.3 is 15.2 Å². The van der Waals surface area contributed by atoms with Crippen LogP contribution in [-0.2, 0) is 13.6 Å². The highest BCUT2D eigenvalue weighted by molar-refractivity contribution is 5.78. The summed E-state index contributed by atoms with van der Waals surface area (Å²) >= 11 is 0. The molecule has 0 radical (unpaired) electrons. The highest BCUT2D eigenvalue weighted by atomic mass is 16.5. The van der Waals surface area contributed by atoms with Crippen LogP contribution in [-0.4, -0.2) is 39.1 Å². The summed E-state index contributed by atoms with van der Waals surface area (Å²) in [5.74, 6) is 0.762. The van der Waals surface area contributed by atoms with Crippen molar-refractivity contribution in [3.63, 3.8) is 0 Å². The van der Waals surface area contributed by atoms with E-state index < -0.39 is 6.10 Å². The summed E-state index contributed by atoms with van der Waals surface area (Å²) in [6.07, 6.45) is 1.27. The number of nitrogens with one attached hydrogen (secondary N) is 1. The number of para-hydroxylation sites is 1. The first kappa shape index (κ1) is 16.4. The molecule has 6 heteroatoms. The number of aliphatic hydroxyl groups excluding tert-OH is 1. The predicted octanol–water partition coefficient (Wildman–Crippen LogP) is 1.81. The number of nitrogens with zero attached hydrogens (tertiary/aromatic N) is 3. The van der Waals surface area contributed by atoms with Crippen molar-refractivity contribution < 1.29 is 9.84 Å². The molecule has 0 aliphatic heterocycles. The summed E-state index contributed by atoms with van der Waals surface area (Å²) in [4.78, 5) is 4.45. The van der Waals surface area contributed by atoms with E-state index in [4.69, 9.17) is 4.74 Å². The largest absolute Gasteiger partial charge is 0.491 e. The van der Waals surface area contributed by atoms with Crippen LogP contribution in [0, 0.1) is 6.92 Å². The minimum atomic E-state index is -0.568. The number of pyridine rings is 1. The molecule has 24 heavy (non-hydrogen) atoms. The maximum absolute atomic E-state index is 9.99. The Hall–Kier alpha value is -2.44. The normalized spacial score (nSPS) is 12.5. The second-order valence-corrected chi connectivity index (χ2v) is 5.83. The first-order valence-electron chi connectivity index (χ1n) is 7.98. The van der Waals surface area contributed by atoms with E-state index in [1.54, 1.807) is 4.68 Å². The number of fused-ring (bicyclic) bond motifs is 1. The Kier molecular flexibility index (Phi) is 5.08. The van der Waals surface area contributed by atoms with Gasteiger partial charge in [-0.25, -0.2) is 4.98 Å². The molecule has 1 aromatic carbocycles. The molecule has 0 aliphatic carbocycles. The van der Waals surface area contributed by atoms with Crippen molar-refractivity contribution in [2.24, 2.45) is 7.05 Å². The van der Waals surface area contributed by atoms with Crippen molar-refractivity contribution >= 4 is 11.0 Å². The van der Waals surface area contributed by atoms with Crippen molar-refractivity contribution in [1.82, 2.24) is 20.1 Å². The molecule has 0 spiro atoms. The monoisotopic (exact) mass is 326 g/mol. The summed E-state index contributed by atoms with van der Waals surface area (Å²) < 4.78 is 7.32. The Morgan fingerprint density at radius 1 is 1.29 bits per heavy atom. The molecule has 2 heterocycles. The molecule has 2 aromatic heterocycles. The van der Waals surface area contributed by atoms with Crippen molar-refractivity contribution in [3.05, 3.63) is 53.9 Å². The third kappa shape index (κ3) is 3.90. The third-order valence-corrected chi connectivity index (χ3v) is 3.81. The van der Waals surface area contributed by atoms with Gasteiger partial charge in [-0.1, -0.05) is 18.2 Å². The summed E-state index contributed by atoms with van der Waals surface area (Å²) in [6.45, 7) is 3.33. The summed E-state index contributed by atoms with van der Waals surface area (Å²) in [5, 5.41) is 18.7. The highest BCUT2D eigenvalue weighted by Crippen LogP contribution is 2.16. The highest BCUT2D eigenvalue weighted by Gasteiger charge is 2.08. The average molecular weight is 326 g/mol. The molecular weight excluding hydrogens is 304 g/mol. The van der Waals surface area contributed by atoms with Gasteiger partial charge in [0, 0.05) is 31.7 Å². The summed E-state index contributed by atoms with van der Waals surface area (Å²) in [7, 11) is 1.89. The Labute approximate surface area is 141 Å². The number of rotatable bonds is 7. The van der Waals surface area contributed by atoms with E-state index in [-0.39, 0.29) is 6.61 Å². The number of benzene rings is 1. The van der Waals surface area contributed by atoms with Crippen LogP contribution in [0.15, 0.2) is 42.6 Å². The van der Waals surface area contributed by atoms with E-state index in [1.807, 2.05) is 50.5 Å². The fraction of sp³-hybridized carbons (Fsp3) is 0.333. The Bertz CT molecular complexity index is 801. The van der Waals surface area contributed by atoms with E-state index in [0.717, 1.165) is 28.0 Å². The molecule has 1 atom stereocenters. The van der Waals surface area contributed by atoms with Crippen LogP contribution in [0.4, 0.5) is 0 Å². The zero-order chi connectivity index (χ0) is 16.9. The predicted molar refractivity (Wildman–Crippen MR) is 92.9 cm³/mol. The van der Waals surface area contributed by atoms with Gasteiger partial charge >= 0.3 is 0 Å². The van der Waals surface area contributed by atoms with Gasteiger partial charge in [0.15, 0.2) is 5.65 Å². The molecule has 6 nitrogen and oxygen atoms in total. The van der Waals surface area contributed by atoms with Crippen molar-refractivity contribution in [2.75, 3.05) is 13.2 Å². The molecule has 2 N–H and O–H groups in total. The second kappa shape index (κ2) is 7.42. The number of hydrogen-bond acceptors (Lipinski definition) is 5. The molecule has 0 saturated heterocycles. The van der Waals surface area contributed by atoms with Crippen LogP contribution < -0.4 is 10.1 Å². The fourth-order valence-electron chi connectivity index (χ4n) is 2.60. The first-order valence-corrected chi connectivity index (χ1v) is 7.98.